The normalized spacial score (nSPS) is 9.50. The Hall–Kier alpha value is -0.0800. The van der Waals surface area contributed by atoms with Crippen molar-refractivity contribution in [3.63, 3.8) is 0 Å². The van der Waals surface area contributed by atoms with Gasteiger partial charge in [-0.1, -0.05) is 28.7 Å². The molecule has 0 aliphatic rings. The molecule has 0 rings (SSSR count). The third kappa shape index (κ3) is 16.5. The maximum absolute atomic E-state index is 5.18. The summed E-state index contributed by atoms with van der Waals surface area (Å²) in [5.74, 6) is 0.593. The van der Waals surface area contributed by atoms with E-state index in [-0.39, 0.29) is 21.0 Å². The number of ether oxygens (including phenoxy) is 2. The third-order valence-corrected chi connectivity index (χ3v) is 0.936. The quantitative estimate of drug-likeness (QED) is 0.475. The van der Waals surface area contributed by atoms with Crippen LogP contribution < -0.4 is 0 Å². The molecule has 2 nitrogen and oxygen atoms in total. The lowest BCUT2D eigenvalue weighted by molar-refractivity contribution is -0.0847. The van der Waals surface area contributed by atoms with Gasteiger partial charge in [0.15, 0.2) is 0 Å². The Balaban J connectivity index is -0.000000405. The Labute approximate surface area is 78.3 Å². The molecule has 78 valence electrons. The van der Waals surface area contributed by atoms with Crippen molar-refractivity contribution in [2.24, 2.45) is 5.92 Å². The van der Waals surface area contributed by atoms with Crippen molar-refractivity contribution >= 4 is 0 Å². The van der Waals surface area contributed by atoms with Gasteiger partial charge in [0, 0.05) is 0 Å². The van der Waals surface area contributed by atoms with Crippen LogP contribution in [0.2, 0.25) is 0 Å². The zero-order chi connectivity index (χ0) is 7.98. The molecular weight excluding hydrogens is 152 g/mol. The van der Waals surface area contributed by atoms with E-state index in [0.717, 1.165) is 6.61 Å². The number of hydrogen-bond donors (Lipinski definition) is 0. The molecular formula is C10H26O2. The molecule has 0 N–H and O–H groups in total. The van der Waals surface area contributed by atoms with Crippen LogP contribution in [0.1, 0.15) is 42.5 Å². The summed E-state index contributed by atoms with van der Waals surface area (Å²) in [4.78, 5) is 0. The fourth-order valence-electron chi connectivity index (χ4n) is 0.468. The van der Waals surface area contributed by atoms with Gasteiger partial charge in [-0.3, -0.25) is 0 Å². The summed E-state index contributed by atoms with van der Waals surface area (Å²) < 4.78 is 10.4. The predicted molar refractivity (Wildman–Crippen MR) is 55.3 cm³/mol. The van der Waals surface area contributed by atoms with Crippen molar-refractivity contribution in [1.82, 2.24) is 0 Å². The Morgan fingerprint density at radius 2 is 1.50 bits per heavy atom. The Morgan fingerprint density at radius 1 is 1.00 bits per heavy atom. The second-order valence-electron chi connectivity index (χ2n) is 3.10. The summed E-state index contributed by atoms with van der Waals surface area (Å²) >= 11 is 0. The molecule has 0 heterocycles. The second-order valence-corrected chi connectivity index (χ2v) is 3.10. The molecule has 12 heavy (non-hydrogen) atoms. The first-order valence-corrected chi connectivity index (χ1v) is 3.82. The largest absolute Gasteiger partial charge is 0.355 e. The number of rotatable bonds is 5. The molecule has 0 bridgehead atoms. The van der Waals surface area contributed by atoms with Crippen LogP contribution in [0.4, 0.5) is 0 Å². The van der Waals surface area contributed by atoms with Crippen LogP contribution in [0.15, 0.2) is 0 Å². The van der Waals surface area contributed by atoms with Crippen LogP contribution in [0.5, 0.6) is 0 Å². The van der Waals surface area contributed by atoms with E-state index in [4.69, 9.17) is 9.47 Å². The van der Waals surface area contributed by atoms with Crippen LogP contribution in [0, 0.1) is 5.92 Å². The first kappa shape index (κ1) is 17.9. The SMILES string of the molecule is C.C.CC(C)COCOC(C)C. The maximum atomic E-state index is 5.18. The molecule has 0 aliphatic heterocycles. The van der Waals surface area contributed by atoms with Gasteiger partial charge in [-0.15, -0.1) is 0 Å². The van der Waals surface area contributed by atoms with E-state index in [2.05, 4.69) is 13.8 Å². The first-order valence-electron chi connectivity index (χ1n) is 3.82. The summed E-state index contributed by atoms with van der Waals surface area (Å²) in [5, 5.41) is 0. The van der Waals surface area contributed by atoms with Crippen molar-refractivity contribution < 1.29 is 9.47 Å². The van der Waals surface area contributed by atoms with Gasteiger partial charge < -0.3 is 9.47 Å². The molecule has 0 unspecified atom stereocenters. The van der Waals surface area contributed by atoms with E-state index in [1.165, 1.54) is 0 Å². The maximum Gasteiger partial charge on any atom is 0.147 e. The van der Waals surface area contributed by atoms with Crippen LogP contribution in [0.3, 0.4) is 0 Å². The van der Waals surface area contributed by atoms with Gasteiger partial charge in [-0.25, -0.2) is 0 Å². The second kappa shape index (κ2) is 10.9. The summed E-state index contributed by atoms with van der Waals surface area (Å²) in [6.45, 7) is 9.45. The van der Waals surface area contributed by atoms with Gasteiger partial charge in [0.05, 0.1) is 12.7 Å². The lowest BCUT2D eigenvalue weighted by Crippen LogP contribution is -2.10. The first-order chi connectivity index (χ1) is 4.63. The highest BCUT2D eigenvalue weighted by Gasteiger charge is 1.94. The Kier molecular flexibility index (Phi) is 16.3. The molecule has 0 saturated carbocycles. The van der Waals surface area contributed by atoms with E-state index < -0.39 is 0 Å². The zero-order valence-electron chi connectivity index (χ0n) is 7.39. The van der Waals surface area contributed by atoms with Crippen LogP contribution in [0.25, 0.3) is 0 Å². The highest BCUT2D eigenvalue weighted by Crippen LogP contribution is 1.93. The summed E-state index contributed by atoms with van der Waals surface area (Å²) in [7, 11) is 0. The zero-order valence-corrected chi connectivity index (χ0v) is 7.39. The van der Waals surface area contributed by atoms with E-state index in [0.29, 0.717) is 12.7 Å². The summed E-state index contributed by atoms with van der Waals surface area (Å²) in [6, 6.07) is 0. The van der Waals surface area contributed by atoms with Crippen molar-refractivity contribution in [3.05, 3.63) is 0 Å². The lowest BCUT2D eigenvalue weighted by Gasteiger charge is -2.09. The molecule has 0 atom stereocenters. The molecule has 0 saturated heterocycles. The highest BCUT2D eigenvalue weighted by molar-refractivity contribution is 4.37. The Bertz CT molecular complexity index is 60.2. The van der Waals surface area contributed by atoms with Gasteiger partial charge in [0.2, 0.25) is 0 Å². The topological polar surface area (TPSA) is 18.5 Å². The minimum Gasteiger partial charge on any atom is -0.355 e. The average Bonchev–Trinajstić information content (AvgIpc) is 1.79. The van der Waals surface area contributed by atoms with Gasteiger partial charge in [0.25, 0.3) is 0 Å². The molecule has 0 spiro atoms. The lowest BCUT2D eigenvalue weighted by atomic mass is 10.2. The molecule has 0 aromatic heterocycles. The highest BCUT2D eigenvalue weighted by atomic mass is 16.7. The van der Waals surface area contributed by atoms with Gasteiger partial charge in [-0.05, 0) is 19.8 Å². The van der Waals surface area contributed by atoms with Gasteiger partial charge in [-0.2, -0.15) is 0 Å². The fourth-order valence-corrected chi connectivity index (χ4v) is 0.468. The van der Waals surface area contributed by atoms with E-state index in [9.17, 15) is 0 Å². The molecule has 0 radical (unpaired) electrons. The average molecular weight is 178 g/mol. The predicted octanol–water partition coefficient (Wildman–Crippen LogP) is 3.31. The van der Waals surface area contributed by atoms with Crippen molar-refractivity contribution in [2.75, 3.05) is 13.4 Å². The third-order valence-electron chi connectivity index (χ3n) is 0.936. The molecule has 0 fully saturated rings. The van der Waals surface area contributed by atoms with Crippen LogP contribution in [-0.2, 0) is 9.47 Å². The van der Waals surface area contributed by atoms with E-state index in [1.807, 2.05) is 13.8 Å². The fraction of sp³-hybridized carbons (Fsp3) is 1.00. The molecule has 0 aromatic carbocycles. The monoisotopic (exact) mass is 178 g/mol. The van der Waals surface area contributed by atoms with Crippen molar-refractivity contribution in [2.45, 2.75) is 48.7 Å². The van der Waals surface area contributed by atoms with Crippen LogP contribution in [-0.4, -0.2) is 19.5 Å². The van der Waals surface area contributed by atoms with Crippen molar-refractivity contribution in [1.29, 1.82) is 0 Å². The minimum atomic E-state index is 0. The molecule has 2 heteroatoms. The van der Waals surface area contributed by atoms with Gasteiger partial charge in [0.1, 0.15) is 6.79 Å². The smallest absolute Gasteiger partial charge is 0.147 e. The minimum absolute atomic E-state index is 0. The summed E-state index contributed by atoms with van der Waals surface area (Å²) in [5.41, 5.74) is 0. The Morgan fingerprint density at radius 3 is 1.83 bits per heavy atom. The van der Waals surface area contributed by atoms with Crippen molar-refractivity contribution in [3.8, 4) is 0 Å². The van der Waals surface area contributed by atoms with E-state index >= 15 is 0 Å². The molecule has 0 aliphatic carbocycles. The summed E-state index contributed by atoms with van der Waals surface area (Å²) in [6.07, 6.45) is 0.271. The van der Waals surface area contributed by atoms with Gasteiger partial charge >= 0.3 is 0 Å². The standard InChI is InChI=1S/C8H18O2.2CH4/c1-7(2)5-9-6-10-8(3)4;;/h7-8H,5-6H2,1-4H3;2*1H4. The molecule has 0 amide bonds. The number of hydrogen-bond acceptors (Lipinski definition) is 2. The van der Waals surface area contributed by atoms with Crippen LogP contribution >= 0.6 is 0 Å². The van der Waals surface area contributed by atoms with E-state index in [1.54, 1.807) is 0 Å². The molecule has 0 aromatic rings.